The van der Waals surface area contributed by atoms with Crippen LogP contribution in [0.4, 0.5) is 0 Å². The smallest absolute Gasteiger partial charge is 0.463 e. The Morgan fingerprint density at radius 1 is 1.21 bits per heavy atom. The summed E-state index contributed by atoms with van der Waals surface area (Å²) in [6, 6.07) is 1.49. The van der Waals surface area contributed by atoms with Crippen molar-refractivity contribution in [2.24, 2.45) is 16.8 Å². The number of nitrogens with one attached hydrogen (secondary N) is 1. The van der Waals surface area contributed by atoms with Gasteiger partial charge in [0.25, 0.3) is 6.02 Å². The van der Waals surface area contributed by atoms with E-state index >= 15 is 0 Å². The van der Waals surface area contributed by atoms with Crippen molar-refractivity contribution in [2.45, 2.75) is 31.7 Å². The average Bonchev–Trinajstić information content (AvgIpc) is 3.14. The summed E-state index contributed by atoms with van der Waals surface area (Å²) in [5.41, 5.74) is 0. The van der Waals surface area contributed by atoms with Crippen LogP contribution < -0.4 is 5.32 Å². The van der Waals surface area contributed by atoms with E-state index in [-0.39, 0.29) is 5.48 Å². The van der Waals surface area contributed by atoms with Crippen LogP contribution in [0.1, 0.15) is 25.7 Å². The minimum Gasteiger partial charge on any atom is -0.463 e. The summed E-state index contributed by atoms with van der Waals surface area (Å²) in [7, 11) is -4.64. The normalized spacial score (nSPS) is 21.8. The molecule has 2 fully saturated rings. The van der Waals surface area contributed by atoms with E-state index in [4.69, 9.17) is 24.0 Å². The maximum Gasteiger partial charge on any atom is 0.466 e. The lowest BCUT2D eigenvalue weighted by molar-refractivity contribution is 0.275. The SMILES string of the molecule is C1COC(NC(C2CC2)C2CC2)=N1.O.O=P(O)(O)O. The van der Waals surface area contributed by atoms with Crippen LogP contribution in [0.15, 0.2) is 4.99 Å². The number of phosphoric acid groups is 1. The van der Waals surface area contributed by atoms with Gasteiger partial charge in [-0.3, -0.25) is 0 Å². The van der Waals surface area contributed by atoms with Gasteiger partial charge in [-0.25, -0.2) is 9.56 Å². The van der Waals surface area contributed by atoms with E-state index in [1.807, 2.05) is 0 Å². The molecule has 1 aliphatic heterocycles. The molecule has 8 nitrogen and oxygen atoms in total. The van der Waals surface area contributed by atoms with E-state index in [0.29, 0.717) is 6.04 Å². The molecule has 1 heterocycles. The van der Waals surface area contributed by atoms with Gasteiger partial charge in [-0.2, -0.15) is 0 Å². The molecule has 112 valence electrons. The zero-order valence-electron chi connectivity index (χ0n) is 10.5. The minimum atomic E-state index is -4.64. The van der Waals surface area contributed by atoms with E-state index in [1.54, 1.807) is 0 Å². The second-order valence-electron chi connectivity index (χ2n) is 4.89. The second kappa shape index (κ2) is 6.67. The zero-order valence-corrected chi connectivity index (χ0v) is 11.4. The summed E-state index contributed by atoms with van der Waals surface area (Å²) >= 11 is 0. The molecular formula is C10H21N2O6P. The Morgan fingerprint density at radius 3 is 2.00 bits per heavy atom. The number of rotatable bonds is 3. The highest BCUT2D eigenvalue weighted by Crippen LogP contribution is 2.44. The Morgan fingerprint density at radius 2 is 1.68 bits per heavy atom. The molecule has 0 spiro atoms. The Hall–Kier alpha value is -0.660. The molecule has 6 N–H and O–H groups in total. The van der Waals surface area contributed by atoms with Gasteiger partial charge in [-0.15, -0.1) is 0 Å². The van der Waals surface area contributed by atoms with Crippen molar-refractivity contribution in [3.63, 3.8) is 0 Å². The number of ether oxygens (including phenoxy) is 1. The van der Waals surface area contributed by atoms with Crippen LogP contribution in [0, 0.1) is 11.8 Å². The fourth-order valence-corrected chi connectivity index (χ4v) is 2.10. The predicted octanol–water partition coefficient (Wildman–Crippen LogP) is -0.603. The molecule has 9 heteroatoms. The van der Waals surface area contributed by atoms with Crippen molar-refractivity contribution in [1.29, 1.82) is 0 Å². The molecule has 0 atom stereocenters. The first-order valence-corrected chi connectivity index (χ1v) is 7.72. The Bertz CT molecular complexity index is 343. The maximum absolute atomic E-state index is 8.88. The van der Waals surface area contributed by atoms with Crippen molar-refractivity contribution < 1.29 is 29.5 Å². The van der Waals surface area contributed by atoms with Crippen LogP contribution in [0.3, 0.4) is 0 Å². The van der Waals surface area contributed by atoms with Crippen molar-refractivity contribution in [1.82, 2.24) is 5.32 Å². The third kappa shape index (κ3) is 6.89. The molecule has 2 saturated carbocycles. The van der Waals surface area contributed by atoms with E-state index in [9.17, 15) is 0 Å². The first kappa shape index (κ1) is 16.4. The molecule has 3 aliphatic rings. The lowest BCUT2D eigenvalue weighted by atomic mass is 10.1. The number of hydrogen-bond donors (Lipinski definition) is 4. The summed E-state index contributed by atoms with van der Waals surface area (Å²) in [6.07, 6.45) is 5.62. The Kier molecular flexibility index (Phi) is 5.76. The summed E-state index contributed by atoms with van der Waals surface area (Å²) < 4.78 is 14.3. The average molecular weight is 296 g/mol. The molecule has 0 saturated heterocycles. The van der Waals surface area contributed by atoms with E-state index in [0.717, 1.165) is 31.0 Å². The van der Waals surface area contributed by atoms with Gasteiger partial charge in [-0.05, 0) is 37.5 Å². The van der Waals surface area contributed by atoms with E-state index in [1.165, 1.54) is 25.7 Å². The van der Waals surface area contributed by atoms with Gasteiger partial charge < -0.3 is 30.2 Å². The molecule has 0 unspecified atom stereocenters. The first-order chi connectivity index (χ1) is 8.43. The zero-order chi connectivity index (χ0) is 13.2. The van der Waals surface area contributed by atoms with Crippen LogP contribution in [-0.2, 0) is 9.30 Å². The molecule has 0 aromatic rings. The van der Waals surface area contributed by atoms with Gasteiger partial charge >= 0.3 is 7.82 Å². The molecule has 0 aromatic carbocycles. The topological polar surface area (TPSA) is 143 Å². The third-order valence-corrected chi connectivity index (χ3v) is 3.14. The highest BCUT2D eigenvalue weighted by atomic mass is 31.2. The molecule has 0 amide bonds. The molecule has 19 heavy (non-hydrogen) atoms. The second-order valence-corrected chi connectivity index (χ2v) is 5.92. The highest BCUT2D eigenvalue weighted by molar-refractivity contribution is 7.45. The molecule has 0 bridgehead atoms. The molecular weight excluding hydrogens is 275 g/mol. The van der Waals surface area contributed by atoms with E-state index < -0.39 is 7.82 Å². The van der Waals surface area contributed by atoms with Gasteiger partial charge in [0.15, 0.2) is 0 Å². The van der Waals surface area contributed by atoms with Gasteiger partial charge in [0.2, 0.25) is 0 Å². The van der Waals surface area contributed by atoms with Gasteiger partial charge in [0, 0.05) is 6.04 Å². The molecule has 3 rings (SSSR count). The fourth-order valence-electron chi connectivity index (χ4n) is 2.10. The van der Waals surface area contributed by atoms with Gasteiger partial charge in [0.1, 0.15) is 6.61 Å². The standard InChI is InChI=1S/C10H16N2O.H3O4P.H2O/c1-2-7(1)9(8-3-4-8)12-10-11-5-6-13-10;1-5(2,3)4;/h7-9H,1-6H2,(H,11,12);(H3,1,2,3,4);1H2. The monoisotopic (exact) mass is 296 g/mol. The van der Waals surface area contributed by atoms with Crippen LogP contribution in [0.5, 0.6) is 0 Å². The molecule has 0 radical (unpaired) electrons. The molecule has 0 aromatic heterocycles. The van der Waals surface area contributed by atoms with Gasteiger partial charge in [-0.1, -0.05) is 0 Å². The maximum atomic E-state index is 8.88. The number of nitrogens with zero attached hydrogens (tertiary/aromatic N) is 1. The highest BCUT2D eigenvalue weighted by Gasteiger charge is 2.42. The van der Waals surface area contributed by atoms with Gasteiger partial charge in [0.05, 0.1) is 6.54 Å². The summed E-state index contributed by atoms with van der Waals surface area (Å²) in [5, 5.41) is 3.47. The van der Waals surface area contributed by atoms with Crippen LogP contribution in [0.2, 0.25) is 0 Å². The molecule has 2 aliphatic carbocycles. The van der Waals surface area contributed by atoms with Crippen LogP contribution in [-0.4, -0.2) is 45.4 Å². The number of aliphatic imine (C=N–C) groups is 1. The lowest BCUT2D eigenvalue weighted by Gasteiger charge is -2.17. The van der Waals surface area contributed by atoms with Crippen LogP contribution in [0.25, 0.3) is 0 Å². The largest absolute Gasteiger partial charge is 0.466 e. The summed E-state index contributed by atoms with van der Waals surface area (Å²) in [4.78, 5) is 25.8. The Balaban J connectivity index is 0.000000265. The lowest BCUT2D eigenvalue weighted by Crippen LogP contribution is -2.38. The predicted molar refractivity (Wildman–Crippen MR) is 68.5 cm³/mol. The van der Waals surface area contributed by atoms with E-state index in [2.05, 4.69) is 10.3 Å². The minimum absolute atomic E-state index is 0. The Labute approximate surface area is 111 Å². The quantitative estimate of drug-likeness (QED) is 0.512. The van der Waals surface area contributed by atoms with Crippen LogP contribution >= 0.6 is 7.82 Å². The summed E-state index contributed by atoms with van der Waals surface area (Å²) in [6.45, 7) is 1.61. The number of amidine groups is 1. The van der Waals surface area contributed by atoms with Crippen molar-refractivity contribution in [3.05, 3.63) is 0 Å². The van der Waals surface area contributed by atoms with Crippen molar-refractivity contribution in [3.8, 4) is 0 Å². The van der Waals surface area contributed by atoms with Crippen molar-refractivity contribution in [2.75, 3.05) is 13.2 Å². The first-order valence-electron chi connectivity index (χ1n) is 6.15. The summed E-state index contributed by atoms with van der Waals surface area (Å²) in [5.74, 6) is 1.83. The number of hydrogen-bond acceptors (Lipinski definition) is 4. The third-order valence-electron chi connectivity index (χ3n) is 3.14. The van der Waals surface area contributed by atoms with Crippen molar-refractivity contribution >= 4 is 13.8 Å². The fraction of sp³-hybridized carbons (Fsp3) is 0.900.